The predicted octanol–water partition coefficient (Wildman–Crippen LogP) is 6.30. The molecule has 2 saturated heterocycles. The topological polar surface area (TPSA) is 234 Å². The van der Waals surface area contributed by atoms with Gasteiger partial charge >= 0.3 is 12.1 Å². The maximum atomic E-state index is 14.5. The molecule has 406 valence electrons. The van der Waals surface area contributed by atoms with Gasteiger partial charge in [-0.25, -0.2) is 9.59 Å². The molecule has 16 atom stereocenters. The van der Waals surface area contributed by atoms with Crippen LogP contribution < -0.4 is 5.32 Å². The maximum Gasteiger partial charge on any atom is 0.407 e. The highest BCUT2D eigenvalue weighted by Gasteiger charge is 2.53. The van der Waals surface area contributed by atoms with Crippen molar-refractivity contribution in [2.45, 2.75) is 193 Å². The average Bonchev–Trinajstić information content (AvgIpc) is 3.35. The van der Waals surface area contributed by atoms with Crippen LogP contribution >= 0.6 is 0 Å². The molecule has 1 aliphatic carbocycles. The second-order valence-corrected chi connectivity index (χ2v) is 21.2. The number of amides is 2. The lowest BCUT2D eigenvalue weighted by Crippen LogP contribution is -2.61. The third-order valence-corrected chi connectivity index (χ3v) is 15.3. The van der Waals surface area contributed by atoms with Crippen LogP contribution in [0.25, 0.3) is 0 Å². The van der Waals surface area contributed by atoms with E-state index in [1.54, 1.807) is 47.8 Å². The highest BCUT2D eigenvalue weighted by atomic mass is 16.6. The molecule has 0 aromatic heterocycles. The van der Waals surface area contributed by atoms with Gasteiger partial charge in [0.15, 0.2) is 5.78 Å². The number of nitrogens with zero attached hydrogens (tertiary/aromatic N) is 1. The number of rotatable bonds is 9. The summed E-state index contributed by atoms with van der Waals surface area (Å²) < 4.78 is 35.4. The van der Waals surface area contributed by atoms with Crippen LogP contribution in [0.4, 0.5) is 4.79 Å². The molecule has 4 N–H and O–H groups in total. The Morgan fingerprint density at radius 1 is 0.875 bits per heavy atom. The van der Waals surface area contributed by atoms with Gasteiger partial charge in [0.05, 0.1) is 31.0 Å². The Hall–Kier alpha value is -4.10. The van der Waals surface area contributed by atoms with E-state index in [0.717, 1.165) is 5.57 Å². The molecule has 17 nitrogen and oxygen atoms in total. The summed E-state index contributed by atoms with van der Waals surface area (Å²) in [6.45, 7) is 14.0. The number of piperidine rings is 1. The van der Waals surface area contributed by atoms with E-state index in [9.17, 15) is 44.1 Å². The van der Waals surface area contributed by atoms with E-state index in [-0.39, 0.29) is 49.4 Å². The second-order valence-electron chi connectivity index (χ2n) is 21.2. The van der Waals surface area contributed by atoms with Crippen molar-refractivity contribution in [2.24, 2.45) is 35.5 Å². The molecule has 2 bridgehead atoms. The molecule has 4 rings (SSSR count). The van der Waals surface area contributed by atoms with Crippen LogP contribution in [0.3, 0.4) is 0 Å². The van der Waals surface area contributed by atoms with Crippen molar-refractivity contribution in [3.8, 4) is 0 Å². The second kappa shape index (κ2) is 28.5. The van der Waals surface area contributed by atoms with Crippen LogP contribution in [-0.4, -0.2) is 151 Å². The molecule has 2 amide bonds. The van der Waals surface area contributed by atoms with Crippen molar-refractivity contribution >= 4 is 35.3 Å². The van der Waals surface area contributed by atoms with E-state index in [2.05, 4.69) is 5.32 Å². The van der Waals surface area contributed by atoms with Crippen molar-refractivity contribution in [1.82, 2.24) is 10.2 Å². The minimum atomic E-state index is -2.46. The molecule has 72 heavy (non-hydrogen) atoms. The van der Waals surface area contributed by atoms with E-state index in [4.69, 9.17) is 28.4 Å². The minimum Gasteiger partial charge on any atom is -0.460 e. The fraction of sp³-hybridized carbons (Fsp3) is 0.745. The number of ketones is 3. The number of carbonyl (C=O) groups is 6. The number of alkyl carbamates (subject to hydrolysis) is 1. The zero-order valence-corrected chi connectivity index (χ0v) is 44.7. The number of aliphatic hydroxyl groups is 3. The fourth-order valence-corrected chi connectivity index (χ4v) is 10.7. The van der Waals surface area contributed by atoms with Gasteiger partial charge in [0.25, 0.3) is 11.7 Å². The van der Waals surface area contributed by atoms with Crippen LogP contribution in [0.15, 0.2) is 47.6 Å². The van der Waals surface area contributed by atoms with Gasteiger partial charge in [-0.05, 0) is 114 Å². The molecule has 0 radical (unpaired) electrons. The molecular weight excluding hydrogens is 929 g/mol. The molecule has 3 aliphatic heterocycles. The van der Waals surface area contributed by atoms with Crippen molar-refractivity contribution < 1.29 is 72.5 Å². The molecule has 0 aromatic carbocycles. The maximum absolute atomic E-state index is 14.5. The summed E-state index contributed by atoms with van der Waals surface area (Å²) in [6.07, 6.45) is 9.69. The molecule has 4 aliphatic rings. The number of hydrogen-bond donors (Lipinski definition) is 4. The molecule has 1 saturated carbocycles. The molecule has 3 fully saturated rings. The Morgan fingerprint density at radius 2 is 1.60 bits per heavy atom. The molecule has 0 spiro atoms. The Morgan fingerprint density at radius 3 is 2.26 bits per heavy atom. The van der Waals surface area contributed by atoms with E-state index in [1.165, 1.54) is 19.1 Å². The quantitative estimate of drug-likeness (QED) is 0.113. The Labute approximate surface area is 427 Å². The number of hydrogen-bond acceptors (Lipinski definition) is 15. The number of methoxy groups -OCH3 is 3. The van der Waals surface area contributed by atoms with E-state index in [0.29, 0.717) is 69.8 Å². The average molecular weight is 1020 g/mol. The minimum absolute atomic E-state index is 0.000230. The summed E-state index contributed by atoms with van der Waals surface area (Å²) in [5.41, 5.74) is 1.23. The van der Waals surface area contributed by atoms with Crippen molar-refractivity contribution in [3.05, 3.63) is 47.6 Å². The highest BCUT2D eigenvalue weighted by molar-refractivity contribution is 6.39. The number of fused-ring (bicyclic) bond motifs is 3. The number of allylic oxidation sites excluding steroid dienone is 6. The largest absolute Gasteiger partial charge is 0.460 e. The summed E-state index contributed by atoms with van der Waals surface area (Å²) in [5, 5.41) is 35.5. The number of carbonyl (C=O) groups excluding carboxylic acids is 6. The summed E-state index contributed by atoms with van der Waals surface area (Å²) in [5.74, 6) is -8.42. The lowest BCUT2D eigenvalue weighted by Gasteiger charge is -2.42. The highest BCUT2D eigenvalue weighted by Crippen LogP contribution is 2.38. The van der Waals surface area contributed by atoms with E-state index < -0.39 is 108 Å². The van der Waals surface area contributed by atoms with Gasteiger partial charge < -0.3 is 54.0 Å². The summed E-state index contributed by atoms with van der Waals surface area (Å²) in [7, 11) is 4.47. The van der Waals surface area contributed by atoms with Gasteiger partial charge in [0, 0.05) is 58.5 Å². The third-order valence-electron chi connectivity index (χ3n) is 15.3. The summed E-state index contributed by atoms with van der Waals surface area (Å²) in [4.78, 5) is 84.9. The van der Waals surface area contributed by atoms with Crippen LogP contribution in [0.2, 0.25) is 0 Å². The standard InChI is InChI=1S/C55H86N2O15/c1-32-17-13-12-14-18-33(2)45(67-9)29-41-22-20-38(7)55(66,72-41)51(62)52(63)57-24-16-15-19-42(57)53(64)70-46(30-43(59)34(3)26-37(6)49(61)50(69-11)48(60)36(5)25-32)35(4)27-40-21-23-44(47(28-40)68-10)71-54(65)56-39(8)31-58/h12-14,17-18,26,32,34-36,38-42,44-47,49-50,58,61,66H,15-16,19-25,27-31H2,1-11H3,(H,56,65)/b14-12+,17-13+,33-18+,37-26+/t32-,34-,35-,36-,38-,39+,40?,41+,42+,44+,45+,46+,47+,49-,50+,55-/m1/s1. The lowest BCUT2D eigenvalue weighted by molar-refractivity contribution is -0.265. The van der Waals surface area contributed by atoms with Gasteiger partial charge in [0.1, 0.15) is 36.2 Å². The van der Waals surface area contributed by atoms with Crippen molar-refractivity contribution in [1.29, 1.82) is 0 Å². The first-order chi connectivity index (χ1) is 34.1. The van der Waals surface area contributed by atoms with Gasteiger partial charge in [-0.3, -0.25) is 19.2 Å². The van der Waals surface area contributed by atoms with Gasteiger partial charge in [0.2, 0.25) is 5.79 Å². The lowest BCUT2D eigenvalue weighted by atomic mass is 9.78. The number of Topliss-reactive ketones (excluding diaryl/α,β-unsaturated/α-hetero) is 3. The number of aliphatic hydroxyl groups excluding tert-OH is 2. The molecular formula is C55H86N2O15. The Balaban J connectivity index is 1.68. The Bertz CT molecular complexity index is 1970. The smallest absolute Gasteiger partial charge is 0.407 e. The van der Waals surface area contributed by atoms with Gasteiger partial charge in [-0.1, -0.05) is 71.1 Å². The summed E-state index contributed by atoms with van der Waals surface area (Å²) in [6, 6.07) is -1.68. The van der Waals surface area contributed by atoms with E-state index >= 15 is 0 Å². The Kier molecular flexibility index (Phi) is 24.0. The summed E-state index contributed by atoms with van der Waals surface area (Å²) >= 11 is 0. The number of esters is 1. The van der Waals surface area contributed by atoms with Gasteiger partial charge in [-0.15, -0.1) is 0 Å². The van der Waals surface area contributed by atoms with E-state index in [1.807, 2.05) is 51.2 Å². The van der Waals surface area contributed by atoms with Crippen molar-refractivity contribution in [3.63, 3.8) is 0 Å². The predicted molar refractivity (Wildman–Crippen MR) is 269 cm³/mol. The number of nitrogens with one attached hydrogen (secondary N) is 1. The first kappa shape index (κ1) is 60.5. The third kappa shape index (κ3) is 16.4. The zero-order chi connectivity index (χ0) is 53.4. The first-order valence-corrected chi connectivity index (χ1v) is 26.2. The fourth-order valence-electron chi connectivity index (χ4n) is 10.7. The normalized spacial score (nSPS) is 37.9. The first-order valence-electron chi connectivity index (χ1n) is 26.2. The molecule has 0 aromatic rings. The van der Waals surface area contributed by atoms with Crippen LogP contribution in [-0.2, 0) is 52.4 Å². The number of cyclic esters (lactones) is 1. The number of ether oxygens (including phenoxy) is 6. The van der Waals surface area contributed by atoms with Crippen LogP contribution in [0, 0.1) is 35.5 Å². The zero-order valence-electron chi connectivity index (χ0n) is 44.7. The molecule has 1 unspecified atom stereocenters. The van der Waals surface area contributed by atoms with Crippen LogP contribution in [0.1, 0.15) is 132 Å². The molecule has 17 heteroatoms. The molecule has 3 heterocycles. The van der Waals surface area contributed by atoms with Crippen LogP contribution in [0.5, 0.6) is 0 Å². The van der Waals surface area contributed by atoms with Crippen molar-refractivity contribution in [2.75, 3.05) is 34.5 Å². The monoisotopic (exact) mass is 1010 g/mol. The van der Waals surface area contributed by atoms with Gasteiger partial charge in [-0.2, -0.15) is 0 Å². The SMILES string of the molecule is CO[C@H]1C[C@@H]2CC[C@@H](C)[C@@](O)(O2)C(=O)C(=O)N2CCCC[C@H]2C(=O)O[C@H]([C@H](C)CC2CC[C@H](OC(=O)N[C@@H](C)CO)[C@@H](OC)C2)CC(=O)[C@H](C)/C=C(\C)[C@@H](O)[C@@H](OC)C(=O)[C@H](C)C[C@H](C)/C=C/C=C/C=C/1C.